The molecule has 0 radical (unpaired) electrons. The first-order valence-electron chi connectivity index (χ1n) is 9.90. The molecule has 0 aromatic heterocycles. The number of hydrogen-bond donors (Lipinski definition) is 1. The number of likely N-dealkylation sites (tertiary alicyclic amines) is 1. The molecule has 1 spiro atoms. The summed E-state index contributed by atoms with van der Waals surface area (Å²) in [5.41, 5.74) is 2.40. The van der Waals surface area contributed by atoms with Gasteiger partial charge in [0.2, 0.25) is 5.91 Å². The highest BCUT2D eigenvalue weighted by Crippen LogP contribution is 2.55. The van der Waals surface area contributed by atoms with E-state index in [1.165, 1.54) is 0 Å². The number of para-hydroxylation sites is 1. The van der Waals surface area contributed by atoms with Crippen LogP contribution in [0.4, 0.5) is 5.69 Å². The molecular weight excluding hydrogens is 360 g/mol. The molecule has 4 nitrogen and oxygen atoms in total. The van der Waals surface area contributed by atoms with Gasteiger partial charge in [-0.05, 0) is 18.7 Å². The van der Waals surface area contributed by atoms with Crippen molar-refractivity contribution in [2.75, 3.05) is 18.9 Å². The molecule has 3 atom stereocenters. The predicted octanol–water partition coefficient (Wildman–Crippen LogP) is 4.06. The normalized spacial score (nSPS) is 25.8. The summed E-state index contributed by atoms with van der Waals surface area (Å²) in [6, 6.07) is 27.1. The Bertz CT molecular complexity index is 1080. The monoisotopic (exact) mass is 382 g/mol. The number of likely N-dealkylation sites (N-methyl/N-ethyl adjacent to an activating group) is 1. The number of benzene rings is 3. The Hall–Kier alpha value is -3.24. The summed E-state index contributed by atoms with van der Waals surface area (Å²) < 4.78 is 0. The number of anilines is 1. The molecule has 5 rings (SSSR count). The summed E-state index contributed by atoms with van der Waals surface area (Å²) in [7, 11) is 1.95. The quantitative estimate of drug-likeness (QED) is 0.695. The van der Waals surface area contributed by atoms with Crippen LogP contribution in [0.15, 0.2) is 84.9 Å². The summed E-state index contributed by atoms with van der Waals surface area (Å²) in [5.74, 6) is -0.698. The van der Waals surface area contributed by atoms with Crippen LogP contribution in [0, 0.1) is 5.92 Å². The first-order chi connectivity index (χ1) is 14.1. The van der Waals surface area contributed by atoms with E-state index in [1.54, 1.807) is 0 Å². The van der Waals surface area contributed by atoms with Gasteiger partial charge < -0.3 is 5.32 Å². The van der Waals surface area contributed by atoms with E-state index in [9.17, 15) is 9.59 Å². The van der Waals surface area contributed by atoms with Gasteiger partial charge in [-0.2, -0.15) is 0 Å². The fraction of sp³-hybridized carbons (Fsp3) is 0.200. The van der Waals surface area contributed by atoms with E-state index < -0.39 is 11.5 Å². The number of ketones is 1. The Morgan fingerprint density at radius 1 is 0.931 bits per heavy atom. The third-order valence-corrected chi connectivity index (χ3v) is 6.43. The summed E-state index contributed by atoms with van der Waals surface area (Å²) in [5, 5.41) is 3.04. The number of rotatable bonds is 3. The maximum atomic E-state index is 13.9. The Kier molecular flexibility index (Phi) is 4.10. The zero-order chi connectivity index (χ0) is 20.0. The molecule has 0 saturated carbocycles. The molecule has 2 heterocycles. The lowest BCUT2D eigenvalue weighted by Crippen LogP contribution is -2.51. The van der Waals surface area contributed by atoms with Gasteiger partial charge in [-0.1, -0.05) is 78.9 Å². The number of carbonyl (C=O) groups is 2. The number of carbonyl (C=O) groups excluding carboxylic acids is 2. The summed E-state index contributed by atoms with van der Waals surface area (Å²) in [4.78, 5) is 29.4. The lowest BCUT2D eigenvalue weighted by molar-refractivity contribution is -0.126. The van der Waals surface area contributed by atoms with Gasteiger partial charge in [0.25, 0.3) is 0 Å². The smallest absolute Gasteiger partial charge is 0.250 e. The van der Waals surface area contributed by atoms with Crippen molar-refractivity contribution >= 4 is 17.4 Å². The van der Waals surface area contributed by atoms with Crippen LogP contribution in [0.5, 0.6) is 0 Å². The summed E-state index contributed by atoms with van der Waals surface area (Å²) in [6.45, 7) is 0.634. The Balaban J connectivity index is 1.74. The van der Waals surface area contributed by atoms with E-state index in [1.807, 2.05) is 79.8 Å². The Morgan fingerprint density at radius 3 is 2.28 bits per heavy atom. The van der Waals surface area contributed by atoms with Crippen molar-refractivity contribution in [3.63, 3.8) is 0 Å². The van der Waals surface area contributed by atoms with Crippen LogP contribution in [0.25, 0.3) is 0 Å². The van der Waals surface area contributed by atoms with E-state index in [0.717, 1.165) is 16.8 Å². The first kappa shape index (κ1) is 17.8. The number of hydrogen-bond acceptors (Lipinski definition) is 3. The average molecular weight is 382 g/mol. The minimum absolute atomic E-state index is 0.00987. The van der Waals surface area contributed by atoms with E-state index in [-0.39, 0.29) is 17.6 Å². The fourth-order valence-electron chi connectivity index (χ4n) is 5.18. The zero-order valence-electron chi connectivity index (χ0n) is 16.2. The highest BCUT2D eigenvalue weighted by Gasteiger charge is 2.64. The Labute approximate surface area is 170 Å². The molecule has 0 unspecified atom stereocenters. The fourth-order valence-corrected chi connectivity index (χ4v) is 5.18. The number of Topliss-reactive ketones (excluding diaryl/α,β-unsaturated/α-hetero) is 1. The zero-order valence-corrected chi connectivity index (χ0v) is 16.2. The molecular formula is C25H22N2O2. The molecule has 2 aliphatic heterocycles. The topological polar surface area (TPSA) is 49.4 Å². The predicted molar refractivity (Wildman–Crippen MR) is 113 cm³/mol. The van der Waals surface area contributed by atoms with Gasteiger partial charge in [0.1, 0.15) is 5.54 Å². The van der Waals surface area contributed by atoms with Crippen LogP contribution in [0.2, 0.25) is 0 Å². The van der Waals surface area contributed by atoms with Gasteiger partial charge in [0.15, 0.2) is 5.78 Å². The van der Waals surface area contributed by atoms with Crippen LogP contribution in [0.3, 0.4) is 0 Å². The highest BCUT2D eigenvalue weighted by atomic mass is 16.2. The lowest BCUT2D eigenvalue weighted by Gasteiger charge is -2.35. The summed E-state index contributed by atoms with van der Waals surface area (Å²) >= 11 is 0. The molecule has 0 aliphatic carbocycles. The third-order valence-electron chi connectivity index (χ3n) is 6.43. The second-order valence-corrected chi connectivity index (χ2v) is 7.87. The van der Waals surface area contributed by atoms with E-state index in [2.05, 4.69) is 22.3 Å². The highest BCUT2D eigenvalue weighted by molar-refractivity contribution is 6.12. The molecule has 3 aromatic carbocycles. The van der Waals surface area contributed by atoms with Crippen LogP contribution in [-0.2, 0) is 10.3 Å². The van der Waals surface area contributed by atoms with Gasteiger partial charge in [-0.15, -0.1) is 0 Å². The molecule has 1 amide bonds. The van der Waals surface area contributed by atoms with Gasteiger partial charge in [0.05, 0.1) is 5.92 Å². The third kappa shape index (κ3) is 2.49. The van der Waals surface area contributed by atoms with Crippen molar-refractivity contribution in [3.05, 3.63) is 102 Å². The molecule has 144 valence electrons. The van der Waals surface area contributed by atoms with E-state index in [4.69, 9.17) is 0 Å². The SMILES string of the molecule is CN1C[C@H](c2ccccc2)[C@H](C(=O)c2ccccc2)[C@]12C(=O)Nc1ccccc12. The second-order valence-electron chi connectivity index (χ2n) is 7.87. The van der Waals surface area contributed by atoms with E-state index >= 15 is 0 Å². The molecule has 2 aliphatic rings. The number of nitrogens with zero attached hydrogens (tertiary/aromatic N) is 1. The van der Waals surface area contributed by atoms with Crippen LogP contribution in [-0.4, -0.2) is 30.2 Å². The van der Waals surface area contributed by atoms with Crippen molar-refractivity contribution in [2.24, 2.45) is 5.92 Å². The van der Waals surface area contributed by atoms with Crippen molar-refractivity contribution in [1.82, 2.24) is 4.90 Å². The number of fused-ring (bicyclic) bond motifs is 2. The standard InChI is InChI=1S/C25H22N2O2/c1-27-16-19(17-10-4-2-5-11-17)22(23(28)18-12-6-3-7-13-18)25(27)20-14-8-9-15-21(20)26-24(25)29/h2-15,19,22H,16H2,1H3,(H,26,29)/t19-,22-,25-/m1/s1. The number of nitrogens with one attached hydrogen (secondary N) is 1. The van der Waals surface area contributed by atoms with Crippen LogP contribution in [0.1, 0.15) is 27.4 Å². The number of amides is 1. The average Bonchev–Trinajstić information content (AvgIpc) is 3.24. The maximum absolute atomic E-state index is 13.9. The van der Waals surface area contributed by atoms with Crippen molar-refractivity contribution in [3.8, 4) is 0 Å². The lowest BCUT2D eigenvalue weighted by atomic mass is 9.70. The van der Waals surface area contributed by atoms with Gasteiger partial charge in [0, 0.05) is 29.3 Å². The Morgan fingerprint density at radius 2 is 1.55 bits per heavy atom. The summed E-state index contributed by atoms with van der Waals surface area (Å²) in [6.07, 6.45) is 0. The molecule has 1 saturated heterocycles. The van der Waals surface area contributed by atoms with Gasteiger partial charge >= 0.3 is 0 Å². The molecule has 1 N–H and O–H groups in total. The van der Waals surface area contributed by atoms with Crippen molar-refractivity contribution < 1.29 is 9.59 Å². The second kappa shape index (κ2) is 6.68. The molecule has 3 aromatic rings. The molecule has 29 heavy (non-hydrogen) atoms. The largest absolute Gasteiger partial charge is 0.324 e. The molecule has 1 fully saturated rings. The van der Waals surface area contributed by atoms with Gasteiger partial charge in [-0.3, -0.25) is 14.5 Å². The van der Waals surface area contributed by atoms with Crippen molar-refractivity contribution in [1.29, 1.82) is 0 Å². The first-order valence-corrected chi connectivity index (χ1v) is 9.90. The minimum Gasteiger partial charge on any atom is -0.324 e. The molecule has 4 heteroatoms. The maximum Gasteiger partial charge on any atom is 0.250 e. The van der Waals surface area contributed by atoms with Crippen LogP contribution < -0.4 is 5.32 Å². The minimum atomic E-state index is -1.01. The van der Waals surface area contributed by atoms with E-state index in [0.29, 0.717) is 12.1 Å². The van der Waals surface area contributed by atoms with Crippen LogP contribution >= 0.6 is 0 Å². The van der Waals surface area contributed by atoms with Gasteiger partial charge in [-0.25, -0.2) is 0 Å². The molecule has 0 bridgehead atoms. The van der Waals surface area contributed by atoms with Crippen molar-refractivity contribution in [2.45, 2.75) is 11.5 Å².